The Labute approximate surface area is 188 Å². The predicted molar refractivity (Wildman–Crippen MR) is 125 cm³/mol. The highest BCUT2D eigenvalue weighted by molar-refractivity contribution is 5.96. The van der Waals surface area contributed by atoms with Gasteiger partial charge in [-0.2, -0.15) is 5.26 Å². The number of allylic oxidation sites excluding steroid dienone is 3. The summed E-state index contributed by atoms with van der Waals surface area (Å²) in [4.78, 5) is 17.8. The third kappa shape index (κ3) is 3.88. The largest absolute Gasteiger partial charge is 0.460 e. The number of pyridine rings is 1. The third-order valence-corrected chi connectivity index (χ3v) is 5.62. The molecule has 2 heterocycles. The molecule has 1 unspecified atom stereocenters. The molecule has 0 spiro atoms. The molecular formula is C27H25N3O2. The second kappa shape index (κ2) is 8.68. The molecule has 0 bridgehead atoms. The number of nitriles is 1. The fraction of sp³-hybridized carbons (Fsp3) is 0.222. The smallest absolute Gasteiger partial charge is 0.337 e. The molecule has 32 heavy (non-hydrogen) atoms. The van der Waals surface area contributed by atoms with E-state index in [0.717, 1.165) is 33.3 Å². The van der Waals surface area contributed by atoms with Crippen molar-refractivity contribution in [3.63, 3.8) is 0 Å². The zero-order chi connectivity index (χ0) is 22.8. The maximum atomic E-state index is 13.1. The molecule has 0 fully saturated rings. The zero-order valence-corrected chi connectivity index (χ0v) is 18.6. The Morgan fingerprint density at radius 3 is 2.50 bits per heavy atom. The third-order valence-electron chi connectivity index (χ3n) is 5.62. The number of rotatable bonds is 4. The first kappa shape index (κ1) is 21.3. The molecule has 5 nitrogen and oxygen atoms in total. The normalized spacial score (nSPS) is 16.2. The lowest BCUT2D eigenvalue weighted by molar-refractivity contribution is -0.143. The van der Waals surface area contributed by atoms with E-state index < -0.39 is 11.9 Å². The molecule has 1 N–H and O–H groups in total. The Bertz CT molecular complexity index is 1300. The molecule has 0 radical (unpaired) electrons. The Hall–Kier alpha value is -3.91. The summed E-state index contributed by atoms with van der Waals surface area (Å²) in [5.41, 5.74) is 6.10. The molecule has 0 saturated heterocycles. The maximum absolute atomic E-state index is 13.1. The molecule has 1 aliphatic heterocycles. The standard InChI is InChI=1S/C27H25N3O2/c1-16(2)32-27(31)25-18(4)30-17(3)23(14-28)26(25)21-11-8-12-24-22(21)13-20(15-29-24)19-9-6-5-7-10-19/h5-13,15-16,26,30H,1-4H3. The number of carbonyl (C=O) groups excluding carboxylic acids is 1. The summed E-state index contributed by atoms with van der Waals surface area (Å²) in [7, 11) is 0. The Balaban J connectivity index is 1.95. The monoisotopic (exact) mass is 423 g/mol. The van der Waals surface area contributed by atoms with Crippen LogP contribution >= 0.6 is 0 Å². The van der Waals surface area contributed by atoms with Gasteiger partial charge in [-0.3, -0.25) is 4.98 Å². The Morgan fingerprint density at radius 2 is 1.81 bits per heavy atom. The van der Waals surface area contributed by atoms with Crippen molar-refractivity contribution in [2.75, 3.05) is 0 Å². The van der Waals surface area contributed by atoms with Gasteiger partial charge in [0, 0.05) is 28.5 Å². The lowest BCUT2D eigenvalue weighted by Gasteiger charge is -2.29. The molecule has 0 amide bonds. The van der Waals surface area contributed by atoms with Crippen LogP contribution in [0.5, 0.6) is 0 Å². The summed E-state index contributed by atoms with van der Waals surface area (Å²) < 4.78 is 5.56. The quantitative estimate of drug-likeness (QED) is 0.552. The van der Waals surface area contributed by atoms with Gasteiger partial charge in [0.05, 0.1) is 34.8 Å². The second-order valence-electron chi connectivity index (χ2n) is 8.21. The van der Waals surface area contributed by atoms with Crippen LogP contribution in [0.3, 0.4) is 0 Å². The number of nitrogens with one attached hydrogen (secondary N) is 1. The number of carbonyl (C=O) groups is 1. The van der Waals surface area contributed by atoms with Gasteiger partial charge in [0.1, 0.15) is 0 Å². The minimum atomic E-state index is -0.538. The molecule has 0 saturated carbocycles. The van der Waals surface area contributed by atoms with Crippen molar-refractivity contribution in [1.29, 1.82) is 5.26 Å². The number of dihydropyridines is 1. The number of esters is 1. The number of benzene rings is 2. The molecule has 5 heteroatoms. The lowest BCUT2D eigenvalue weighted by atomic mass is 9.79. The van der Waals surface area contributed by atoms with Crippen LogP contribution in [0.15, 0.2) is 83.3 Å². The van der Waals surface area contributed by atoms with E-state index >= 15 is 0 Å². The highest BCUT2D eigenvalue weighted by Crippen LogP contribution is 2.41. The Kier molecular flexibility index (Phi) is 5.79. The van der Waals surface area contributed by atoms with E-state index in [9.17, 15) is 10.1 Å². The van der Waals surface area contributed by atoms with Crippen LogP contribution in [0.1, 0.15) is 39.2 Å². The first-order valence-electron chi connectivity index (χ1n) is 10.6. The van der Waals surface area contributed by atoms with Crippen molar-refractivity contribution in [2.45, 2.75) is 39.7 Å². The zero-order valence-electron chi connectivity index (χ0n) is 18.6. The van der Waals surface area contributed by atoms with Gasteiger partial charge in [0.2, 0.25) is 0 Å². The van der Waals surface area contributed by atoms with Crippen molar-refractivity contribution in [3.8, 4) is 17.2 Å². The van der Waals surface area contributed by atoms with E-state index in [4.69, 9.17) is 4.74 Å². The van der Waals surface area contributed by atoms with Crippen LogP contribution in [-0.2, 0) is 9.53 Å². The van der Waals surface area contributed by atoms with Crippen molar-refractivity contribution in [1.82, 2.24) is 10.3 Å². The molecule has 1 atom stereocenters. The first-order valence-corrected chi connectivity index (χ1v) is 10.6. The van der Waals surface area contributed by atoms with Crippen molar-refractivity contribution >= 4 is 16.9 Å². The van der Waals surface area contributed by atoms with Crippen LogP contribution in [0.2, 0.25) is 0 Å². The number of nitrogens with zero attached hydrogens (tertiary/aromatic N) is 2. The summed E-state index contributed by atoms with van der Waals surface area (Å²) >= 11 is 0. The molecule has 2 aromatic carbocycles. The van der Waals surface area contributed by atoms with Crippen LogP contribution in [0.4, 0.5) is 0 Å². The molecule has 1 aromatic heterocycles. The van der Waals surface area contributed by atoms with Gasteiger partial charge < -0.3 is 10.1 Å². The Morgan fingerprint density at radius 1 is 1.06 bits per heavy atom. The average Bonchev–Trinajstić information content (AvgIpc) is 2.78. The van der Waals surface area contributed by atoms with Gasteiger partial charge in [-0.15, -0.1) is 0 Å². The minimum Gasteiger partial charge on any atom is -0.460 e. The van der Waals surface area contributed by atoms with Gasteiger partial charge in [-0.25, -0.2) is 4.79 Å². The maximum Gasteiger partial charge on any atom is 0.337 e. The van der Waals surface area contributed by atoms with E-state index in [-0.39, 0.29) is 6.10 Å². The van der Waals surface area contributed by atoms with Crippen LogP contribution in [0.25, 0.3) is 22.0 Å². The van der Waals surface area contributed by atoms with Crippen LogP contribution in [-0.4, -0.2) is 17.1 Å². The van der Waals surface area contributed by atoms with Gasteiger partial charge in [-0.1, -0.05) is 42.5 Å². The first-order chi connectivity index (χ1) is 15.4. The van der Waals surface area contributed by atoms with E-state index in [0.29, 0.717) is 16.8 Å². The number of fused-ring (bicyclic) bond motifs is 1. The van der Waals surface area contributed by atoms with Crippen LogP contribution in [0, 0.1) is 11.3 Å². The van der Waals surface area contributed by atoms with Gasteiger partial charge >= 0.3 is 5.97 Å². The van der Waals surface area contributed by atoms with Crippen molar-refractivity contribution < 1.29 is 9.53 Å². The minimum absolute atomic E-state index is 0.264. The lowest BCUT2D eigenvalue weighted by Crippen LogP contribution is -2.29. The second-order valence-corrected chi connectivity index (χ2v) is 8.21. The van der Waals surface area contributed by atoms with Gasteiger partial charge in [0.25, 0.3) is 0 Å². The summed E-state index contributed by atoms with van der Waals surface area (Å²) in [5.74, 6) is -0.955. The molecule has 3 aromatic rings. The van der Waals surface area contributed by atoms with E-state index in [1.165, 1.54) is 0 Å². The molecule has 1 aliphatic rings. The topological polar surface area (TPSA) is 75.0 Å². The average molecular weight is 424 g/mol. The summed E-state index contributed by atoms with van der Waals surface area (Å²) in [5, 5.41) is 14.1. The van der Waals surface area contributed by atoms with Crippen molar-refractivity contribution in [3.05, 3.63) is 88.9 Å². The molecule has 160 valence electrons. The molecule has 4 rings (SSSR count). The predicted octanol–water partition coefficient (Wildman–Crippen LogP) is 5.61. The number of hydrogen-bond donors (Lipinski definition) is 1. The number of hydrogen-bond acceptors (Lipinski definition) is 5. The fourth-order valence-corrected chi connectivity index (χ4v) is 4.21. The summed E-state index contributed by atoms with van der Waals surface area (Å²) in [6, 6.07) is 20.3. The molecular weight excluding hydrogens is 398 g/mol. The number of ether oxygens (including phenoxy) is 1. The summed E-state index contributed by atoms with van der Waals surface area (Å²) in [6.45, 7) is 7.34. The fourth-order valence-electron chi connectivity index (χ4n) is 4.21. The van der Waals surface area contributed by atoms with E-state index in [2.05, 4.69) is 22.4 Å². The van der Waals surface area contributed by atoms with Gasteiger partial charge in [0.15, 0.2) is 0 Å². The van der Waals surface area contributed by atoms with E-state index in [1.54, 1.807) is 0 Å². The van der Waals surface area contributed by atoms with Crippen LogP contribution < -0.4 is 5.32 Å². The van der Waals surface area contributed by atoms with Gasteiger partial charge in [-0.05, 0) is 51.0 Å². The summed E-state index contributed by atoms with van der Waals surface area (Å²) in [6.07, 6.45) is 1.59. The highest BCUT2D eigenvalue weighted by Gasteiger charge is 2.35. The SMILES string of the molecule is CC1=C(C#N)C(c2cccc3ncc(-c4ccccc4)cc23)C(C(=O)OC(C)C)=C(C)N1. The number of aromatic nitrogens is 1. The highest BCUT2D eigenvalue weighted by atomic mass is 16.5. The van der Waals surface area contributed by atoms with Crippen molar-refractivity contribution in [2.24, 2.45) is 0 Å². The van der Waals surface area contributed by atoms with E-state index in [1.807, 2.05) is 82.4 Å². The molecule has 0 aliphatic carbocycles.